The molecular formula is C18H13Cl2F3N2O. The molecule has 0 radical (unpaired) electrons. The monoisotopic (exact) mass is 400 g/mol. The number of aromatic nitrogens is 2. The van der Waals surface area contributed by atoms with Gasteiger partial charge in [0.05, 0.1) is 21.6 Å². The van der Waals surface area contributed by atoms with Crippen LogP contribution in [0.1, 0.15) is 32.9 Å². The third kappa shape index (κ3) is 3.19. The molecule has 2 aromatic carbocycles. The van der Waals surface area contributed by atoms with Gasteiger partial charge in [-0.2, -0.15) is 13.2 Å². The van der Waals surface area contributed by atoms with E-state index in [1.165, 1.54) is 6.07 Å². The van der Waals surface area contributed by atoms with Crippen LogP contribution in [0.5, 0.6) is 0 Å². The molecule has 1 heterocycles. The van der Waals surface area contributed by atoms with Gasteiger partial charge >= 0.3 is 6.18 Å². The lowest BCUT2D eigenvalue weighted by atomic mass is 10.1. The first kappa shape index (κ1) is 18.7. The number of nitrogens with zero attached hydrogens (tertiary/aromatic N) is 2. The largest absolute Gasteiger partial charge is 0.416 e. The van der Waals surface area contributed by atoms with Gasteiger partial charge in [-0.05, 0) is 42.3 Å². The van der Waals surface area contributed by atoms with E-state index in [4.69, 9.17) is 23.2 Å². The molecule has 0 saturated carbocycles. The number of benzene rings is 2. The molecule has 0 fully saturated rings. The Balaban J connectivity index is 2.15. The number of aldehydes is 1. The number of imidazole rings is 1. The van der Waals surface area contributed by atoms with Gasteiger partial charge in [-0.3, -0.25) is 4.79 Å². The van der Waals surface area contributed by atoms with Crippen molar-refractivity contribution >= 4 is 40.5 Å². The van der Waals surface area contributed by atoms with Crippen LogP contribution in [0.15, 0.2) is 24.3 Å². The zero-order chi connectivity index (χ0) is 19.2. The summed E-state index contributed by atoms with van der Waals surface area (Å²) in [6.07, 6.45) is -3.64. The first-order valence-electron chi connectivity index (χ1n) is 7.58. The number of hydrogen-bond donors (Lipinski definition) is 0. The van der Waals surface area contributed by atoms with Crippen molar-refractivity contribution in [2.24, 2.45) is 7.05 Å². The van der Waals surface area contributed by atoms with Gasteiger partial charge in [0, 0.05) is 24.1 Å². The molecule has 0 N–H and O–H groups in total. The predicted octanol–water partition coefficient (Wildman–Crippen LogP) is 5.61. The van der Waals surface area contributed by atoms with Gasteiger partial charge in [0.15, 0.2) is 6.29 Å². The van der Waals surface area contributed by atoms with E-state index in [1.807, 2.05) is 0 Å². The molecule has 8 heteroatoms. The lowest BCUT2D eigenvalue weighted by Crippen LogP contribution is -2.05. The van der Waals surface area contributed by atoms with Crippen molar-refractivity contribution in [3.8, 4) is 0 Å². The van der Waals surface area contributed by atoms with Crippen LogP contribution in [0.25, 0.3) is 11.0 Å². The van der Waals surface area contributed by atoms with Crippen LogP contribution in [-0.4, -0.2) is 15.8 Å². The molecule has 0 spiro atoms. The predicted molar refractivity (Wildman–Crippen MR) is 95.1 cm³/mol. The minimum Gasteiger partial charge on any atom is -0.331 e. The van der Waals surface area contributed by atoms with Crippen molar-refractivity contribution in [1.29, 1.82) is 0 Å². The molecule has 0 aliphatic heterocycles. The molecule has 0 aliphatic rings. The van der Waals surface area contributed by atoms with Crippen LogP contribution in [0.3, 0.4) is 0 Å². The zero-order valence-corrected chi connectivity index (χ0v) is 15.3. The van der Waals surface area contributed by atoms with Gasteiger partial charge in [0.25, 0.3) is 0 Å². The van der Waals surface area contributed by atoms with E-state index >= 15 is 0 Å². The van der Waals surface area contributed by atoms with Crippen LogP contribution < -0.4 is 0 Å². The highest BCUT2D eigenvalue weighted by Crippen LogP contribution is 2.34. The molecule has 26 heavy (non-hydrogen) atoms. The Bertz CT molecular complexity index is 1030. The van der Waals surface area contributed by atoms with Crippen LogP contribution in [-0.2, 0) is 19.6 Å². The number of halogens is 5. The average molecular weight is 401 g/mol. The smallest absolute Gasteiger partial charge is 0.331 e. The van der Waals surface area contributed by atoms with Gasteiger partial charge in [0.2, 0.25) is 0 Å². The number of rotatable bonds is 3. The maximum Gasteiger partial charge on any atom is 0.416 e. The third-order valence-electron chi connectivity index (χ3n) is 4.26. The summed E-state index contributed by atoms with van der Waals surface area (Å²) in [6.45, 7) is 1.61. The molecule has 0 bridgehead atoms. The van der Waals surface area contributed by atoms with Crippen molar-refractivity contribution in [2.45, 2.75) is 19.5 Å². The number of aryl methyl sites for hydroxylation is 2. The maximum absolute atomic E-state index is 13.0. The Morgan fingerprint density at radius 3 is 2.54 bits per heavy atom. The molecular weight excluding hydrogens is 388 g/mol. The molecule has 1 aromatic heterocycles. The second kappa shape index (κ2) is 6.59. The Labute approximate surface area is 157 Å². The van der Waals surface area contributed by atoms with E-state index in [2.05, 4.69) is 4.98 Å². The normalized spacial score (nSPS) is 12.0. The lowest BCUT2D eigenvalue weighted by Gasteiger charge is -2.10. The topological polar surface area (TPSA) is 34.9 Å². The number of hydrogen-bond acceptors (Lipinski definition) is 2. The van der Waals surface area contributed by atoms with Crippen LogP contribution >= 0.6 is 23.2 Å². The quantitative estimate of drug-likeness (QED) is 0.535. The fourth-order valence-electron chi connectivity index (χ4n) is 2.97. The third-order valence-corrected chi connectivity index (χ3v) is 5.06. The van der Waals surface area contributed by atoms with Gasteiger partial charge in [-0.1, -0.05) is 23.2 Å². The molecule has 0 amide bonds. The highest BCUT2D eigenvalue weighted by atomic mass is 35.5. The molecule has 3 aromatic rings. The zero-order valence-electron chi connectivity index (χ0n) is 13.8. The first-order valence-corrected chi connectivity index (χ1v) is 8.34. The van der Waals surface area contributed by atoms with Gasteiger partial charge in [-0.15, -0.1) is 0 Å². The highest BCUT2D eigenvalue weighted by Gasteiger charge is 2.31. The summed E-state index contributed by atoms with van der Waals surface area (Å²) in [5.41, 5.74) is 1.37. The summed E-state index contributed by atoms with van der Waals surface area (Å²) in [5.74, 6) is 0.495. The minimum atomic E-state index is -4.44. The van der Waals surface area contributed by atoms with Crippen LogP contribution in [0.2, 0.25) is 10.0 Å². The van der Waals surface area contributed by atoms with Crippen molar-refractivity contribution < 1.29 is 18.0 Å². The first-order chi connectivity index (χ1) is 12.1. The van der Waals surface area contributed by atoms with Crippen molar-refractivity contribution in [1.82, 2.24) is 9.55 Å². The summed E-state index contributed by atoms with van der Waals surface area (Å²) in [4.78, 5) is 15.4. The molecule has 0 aliphatic carbocycles. The van der Waals surface area contributed by atoms with E-state index < -0.39 is 11.7 Å². The van der Waals surface area contributed by atoms with Gasteiger partial charge in [0.1, 0.15) is 5.82 Å². The summed E-state index contributed by atoms with van der Waals surface area (Å²) < 4.78 is 40.8. The van der Waals surface area contributed by atoms with Crippen LogP contribution in [0.4, 0.5) is 13.2 Å². The minimum absolute atomic E-state index is 0.186. The van der Waals surface area contributed by atoms with Crippen molar-refractivity contribution in [2.75, 3.05) is 0 Å². The summed E-state index contributed by atoms with van der Waals surface area (Å²) in [5, 5.41) is 0.576. The number of alkyl halides is 3. The summed E-state index contributed by atoms with van der Waals surface area (Å²) in [7, 11) is 1.72. The second-order valence-electron chi connectivity index (χ2n) is 5.97. The fraction of sp³-hybridized carbons (Fsp3) is 0.222. The molecule has 0 unspecified atom stereocenters. The molecule has 3 rings (SSSR count). The maximum atomic E-state index is 13.0. The number of fused-ring (bicyclic) bond motifs is 1. The Morgan fingerprint density at radius 1 is 1.23 bits per heavy atom. The number of carbonyl (C=O) groups excluding carboxylic acids is 1. The fourth-order valence-corrected chi connectivity index (χ4v) is 3.52. The van der Waals surface area contributed by atoms with E-state index in [1.54, 1.807) is 24.6 Å². The Kier molecular flexibility index (Phi) is 4.75. The van der Waals surface area contributed by atoms with Crippen molar-refractivity contribution in [3.63, 3.8) is 0 Å². The highest BCUT2D eigenvalue weighted by molar-refractivity contribution is 6.37. The van der Waals surface area contributed by atoms with Gasteiger partial charge in [-0.25, -0.2) is 4.98 Å². The van der Waals surface area contributed by atoms with E-state index in [0.29, 0.717) is 39.3 Å². The Morgan fingerprint density at radius 2 is 1.92 bits per heavy atom. The number of carbonyl (C=O) groups is 1. The molecule has 136 valence electrons. The SMILES string of the molecule is Cc1cc(C(F)(F)F)cc2nc(Cc3c(Cl)ccc(C=O)c3Cl)n(C)c12. The van der Waals surface area contributed by atoms with Crippen molar-refractivity contribution in [3.05, 3.63) is 62.4 Å². The second-order valence-corrected chi connectivity index (χ2v) is 6.75. The van der Waals surface area contributed by atoms with E-state index in [0.717, 1.165) is 12.1 Å². The summed E-state index contributed by atoms with van der Waals surface area (Å²) in [6, 6.07) is 5.19. The Hall–Kier alpha value is -2.05. The average Bonchev–Trinajstić information content (AvgIpc) is 2.87. The molecule has 3 nitrogen and oxygen atoms in total. The molecule has 0 saturated heterocycles. The van der Waals surface area contributed by atoms with E-state index in [-0.39, 0.29) is 17.0 Å². The lowest BCUT2D eigenvalue weighted by molar-refractivity contribution is -0.137. The van der Waals surface area contributed by atoms with E-state index in [9.17, 15) is 18.0 Å². The van der Waals surface area contributed by atoms with Gasteiger partial charge < -0.3 is 4.57 Å². The standard InChI is InChI=1S/C18H13Cl2F3N2O/c1-9-5-11(18(21,22)23)6-14-17(9)25(2)15(24-14)7-12-13(19)4-3-10(8-26)16(12)20/h3-6,8H,7H2,1-2H3. The summed E-state index contributed by atoms with van der Waals surface area (Å²) >= 11 is 12.4. The van der Waals surface area contributed by atoms with Crippen LogP contribution in [0, 0.1) is 6.92 Å². The molecule has 0 atom stereocenters.